The molecule has 0 fully saturated rings. The Morgan fingerprint density at radius 3 is 2.50 bits per heavy atom. The zero-order valence-corrected chi connectivity index (χ0v) is 17.8. The van der Waals surface area contributed by atoms with Gasteiger partial charge in [-0.2, -0.15) is 16.5 Å². The molecule has 0 aromatic heterocycles. The number of amides is 1. The van der Waals surface area contributed by atoms with E-state index in [1.165, 1.54) is 40.9 Å². The summed E-state index contributed by atoms with van der Waals surface area (Å²) < 4.78 is 41.3. The number of nitrogens with zero attached hydrogens (tertiary/aromatic N) is 1. The lowest BCUT2D eigenvalue weighted by Gasteiger charge is -2.24. The molecule has 0 heterocycles. The van der Waals surface area contributed by atoms with E-state index in [1.54, 1.807) is 31.3 Å². The SMILES string of the molecule is CSCCC(NS(=O)(=O)c1ccc(C)cc1)C(=O)N(C)Cc1cccc(F)c1. The Morgan fingerprint density at radius 1 is 1.21 bits per heavy atom. The molecular weight excluding hydrogens is 399 g/mol. The number of thioether (sulfide) groups is 1. The van der Waals surface area contributed by atoms with Gasteiger partial charge in [0.05, 0.1) is 4.90 Å². The van der Waals surface area contributed by atoms with E-state index in [1.807, 2.05) is 13.2 Å². The minimum atomic E-state index is -3.83. The van der Waals surface area contributed by atoms with Gasteiger partial charge in [0.1, 0.15) is 11.9 Å². The molecule has 0 saturated carbocycles. The van der Waals surface area contributed by atoms with E-state index in [2.05, 4.69) is 4.72 Å². The second-order valence-electron chi connectivity index (χ2n) is 6.59. The quantitative estimate of drug-likeness (QED) is 0.671. The molecule has 0 aliphatic rings. The normalized spacial score (nSPS) is 12.6. The van der Waals surface area contributed by atoms with Crippen molar-refractivity contribution in [2.45, 2.75) is 30.8 Å². The Balaban J connectivity index is 2.16. The molecule has 1 N–H and O–H groups in total. The Kier molecular flexibility index (Phi) is 8.03. The molecule has 2 aromatic rings. The van der Waals surface area contributed by atoms with Crippen LogP contribution in [0.3, 0.4) is 0 Å². The first-order valence-electron chi connectivity index (χ1n) is 8.80. The van der Waals surface area contributed by atoms with Crippen molar-refractivity contribution < 1.29 is 17.6 Å². The van der Waals surface area contributed by atoms with Crippen LogP contribution in [0.5, 0.6) is 0 Å². The van der Waals surface area contributed by atoms with Crippen molar-refractivity contribution in [2.75, 3.05) is 19.1 Å². The minimum Gasteiger partial charge on any atom is -0.340 e. The van der Waals surface area contributed by atoms with Gasteiger partial charge in [0, 0.05) is 13.6 Å². The maximum Gasteiger partial charge on any atom is 0.241 e. The molecule has 28 heavy (non-hydrogen) atoms. The topological polar surface area (TPSA) is 66.5 Å². The number of rotatable bonds is 9. The summed E-state index contributed by atoms with van der Waals surface area (Å²) in [6.07, 6.45) is 2.26. The highest BCUT2D eigenvalue weighted by atomic mass is 32.2. The molecule has 1 amide bonds. The Labute approximate surface area is 170 Å². The molecule has 2 rings (SSSR count). The number of likely N-dealkylation sites (N-methyl/N-ethyl adjacent to an activating group) is 1. The third kappa shape index (κ3) is 6.32. The van der Waals surface area contributed by atoms with Crippen LogP contribution in [-0.2, 0) is 21.4 Å². The number of carbonyl (C=O) groups excluding carboxylic acids is 1. The molecule has 0 aliphatic carbocycles. The monoisotopic (exact) mass is 424 g/mol. The number of aryl methyl sites for hydroxylation is 1. The van der Waals surface area contributed by atoms with Gasteiger partial charge in [-0.1, -0.05) is 29.8 Å². The van der Waals surface area contributed by atoms with Crippen LogP contribution in [-0.4, -0.2) is 44.3 Å². The zero-order valence-electron chi connectivity index (χ0n) is 16.2. The van der Waals surface area contributed by atoms with E-state index in [0.29, 0.717) is 17.7 Å². The van der Waals surface area contributed by atoms with Crippen LogP contribution in [0.25, 0.3) is 0 Å². The van der Waals surface area contributed by atoms with Gasteiger partial charge < -0.3 is 4.90 Å². The maximum atomic E-state index is 13.4. The number of hydrogen-bond acceptors (Lipinski definition) is 4. The Hall–Kier alpha value is -1.90. The van der Waals surface area contributed by atoms with Crippen LogP contribution in [0, 0.1) is 12.7 Å². The molecule has 5 nitrogen and oxygen atoms in total. The summed E-state index contributed by atoms with van der Waals surface area (Å²) in [6, 6.07) is 11.6. The molecule has 0 spiro atoms. The highest BCUT2D eigenvalue weighted by Gasteiger charge is 2.27. The highest BCUT2D eigenvalue weighted by Crippen LogP contribution is 2.14. The Morgan fingerprint density at radius 2 is 1.89 bits per heavy atom. The van der Waals surface area contributed by atoms with Crippen molar-refractivity contribution in [3.05, 3.63) is 65.5 Å². The van der Waals surface area contributed by atoms with Gasteiger partial charge in [-0.05, 0) is 55.2 Å². The fourth-order valence-corrected chi connectivity index (χ4v) is 4.39. The summed E-state index contributed by atoms with van der Waals surface area (Å²) in [5.41, 5.74) is 1.59. The zero-order chi connectivity index (χ0) is 20.7. The van der Waals surface area contributed by atoms with Crippen molar-refractivity contribution >= 4 is 27.7 Å². The first-order valence-corrected chi connectivity index (χ1v) is 11.7. The summed E-state index contributed by atoms with van der Waals surface area (Å²) in [6.45, 7) is 2.06. The van der Waals surface area contributed by atoms with Gasteiger partial charge in [-0.3, -0.25) is 4.79 Å². The van der Waals surface area contributed by atoms with Crippen LogP contribution < -0.4 is 4.72 Å². The van der Waals surface area contributed by atoms with E-state index in [4.69, 9.17) is 0 Å². The van der Waals surface area contributed by atoms with E-state index in [9.17, 15) is 17.6 Å². The van der Waals surface area contributed by atoms with Crippen LogP contribution in [0.1, 0.15) is 17.5 Å². The predicted molar refractivity (Wildman–Crippen MR) is 111 cm³/mol. The number of halogens is 1. The van der Waals surface area contributed by atoms with Crippen molar-refractivity contribution in [1.29, 1.82) is 0 Å². The molecule has 8 heteroatoms. The van der Waals surface area contributed by atoms with Crippen molar-refractivity contribution in [1.82, 2.24) is 9.62 Å². The van der Waals surface area contributed by atoms with Gasteiger partial charge in [0.15, 0.2) is 0 Å². The lowest BCUT2D eigenvalue weighted by atomic mass is 10.1. The minimum absolute atomic E-state index is 0.118. The lowest BCUT2D eigenvalue weighted by molar-refractivity contribution is -0.132. The van der Waals surface area contributed by atoms with E-state index < -0.39 is 16.1 Å². The van der Waals surface area contributed by atoms with E-state index in [-0.39, 0.29) is 23.2 Å². The number of hydrogen-bond donors (Lipinski definition) is 1. The molecule has 152 valence electrons. The average molecular weight is 425 g/mol. The average Bonchev–Trinajstić information content (AvgIpc) is 2.64. The van der Waals surface area contributed by atoms with Gasteiger partial charge in [0.25, 0.3) is 0 Å². The third-order valence-electron chi connectivity index (χ3n) is 4.22. The van der Waals surface area contributed by atoms with E-state index >= 15 is 0 Å². The van der Waals surface area contributed by atoms with Crippen molar-refractivity contribution in [2.24, 2.45) is 0 Å². The smallest absolute Gasteiger partial charge is 0.241 e. The molecular formula is C20H25FN2O3S2. The van der Waals surface area contributed by atoms with Crippen LogP contribution in [0.2, 0.25) is 0 Å². The number of nitrogens with one attached hydrogen (secondary N) is 1. The largest absolute Gasteiger partial charge is 0.340 e. The number of sulfonamides is 1. The summed E-state index contributed by atoms with van der Waals surface area (Å²) in [7, 11) is -2.25. The highest BCUT2D eigenvalue weighted by molar-refractivity contribution is 7.98. The van der Waals surface area contributed by atoms with Crippen LogP contribution in [0.15, 0.2) is 53.4 Å². The van der Waals surface area contributed by atoms with Gasteiger partial charge in [-0.25, -0.2) is 12.8 Å². The van der Waals surface area contributed by atoms with Gasteiger partial charge in [-0.15, -0.1) is 0 Å². The summed E-state index contributed by atoms with van der Waals surface area (Å²) in [4.78, 5) is 14.4. The summed E-state index contributed by atoms with van der Waals surface area (Å²) in [5.74, 6) is -0.105. The number of benzene rings is 2. The summed E-state index contributed by atoms with van der Waals surface area (Å²) >= 11 is 1.53. The van der Waals surface area contributed by atoms with Gasteiger partial charge in [0.2, 0.25) is 15.9 Å². The van der Waals surface area contributed by atoms with Crippen LogP contribution in [0.4, 0.5) is 4.39 Å². The molecule has 0 saturated heterocycles. The second kappa shape index (κ2) is 10.0. The third-order valence-corrected chi connectivity index (χ3v) is 6.35. The molecule has 0 radical (unpaired) electrons. The first-order chi connectivity index (χ1) is 13.2. The van der Waals surface area contributed by atoms with Crippen LogP contribution >= 0.6 is 11.8 Å². The fourth-order valence-electron chi connectivity index (χ4n) is 2.69. The molecule has 2 aromatic carbocycles. The van der Waals surface area contributed by atoms with Gasteiger partial charge >= 0.3 is 0 Å². The molecule has 1 unspecified atom stereocenters. The molecule has 1 atom stereocenters. The van der Waals surface area contributed by atoms with E-state index in [0.717, 1.165) is 5.56 Å². The Bertz CT molecular complexity index is 902. The van der Waals surface area contributed by atoms with Crippen molar-refractivity contribution in [3.8, 4) is 0 Å². The standard InChI is InChI=1S/C20H25FN2O3S2/c1-15-7-9-18(10-8-15)28(25,26)22-19(11-12-27-3)20(24)23(2)14-16-5-4-6-17(21)13-16/h4-10,13,19,22H,11-12,14H2,1-3H3. The lowest BCUT2D eigenvalue weighted by Crippen LogP contribution is -2.47. The molecule has 0 aliphatic heterocycles. The number of carbonyl (C=O) groups is 1. The van der Waals surface area contributed by atoms with Crippen molar-refractivity contribution in [3.63, 3.8) is 0 Å². The first kappa shape index (κ1) is 22.4. The maximum absolute atomic E-state index is 13.4. The fraction of sp³-hybridized carbons (Fsp3) is 0.350. The predicted octanol–water partition coefficient (Wildman–Crippen LogP) is 3.19. The summed E-state index contributed by atoms with van der Waals surface area (Å²) in [5, 5.41) is 0. The molecule has 0 bridgehead atoms. The second-order valence-corrected chi connectivity index (χ2v) is 9.29.